The number of furan rings is 2. The molecule has 4 aromatic heterocycles. The van der Waals surface area contributed by atoms with E-state index in [1.54, 1.807) is 0 Å². The Kier molecular flexibility index (Phi) is 6.18. The molecule has 11 aromatic rings. The van der Waals surface area contributed by atoms with Crippen molar-refractivity contribution in [2.45, 2.75) is 0 Å². The fraction of sp³-hybridized carbons (Fsp3) is 0. The van der Waals surface area contributed by atoms with Crippen LogP contribution in [0.1, 0.15) is 5.56 Å². The van der Waals surface area contributed by atoms with E-state index in [9.17, 15) is 5.26 Å². The van der Waals surface area contributed by atoms with Crippen molar-refractivity contribution in [3.05, 3.63) is 157 Å². The number of hydrogen-bond acceptors (Lipinski definition) is 6. The number of aromatic nitrogens is 4. The largest absolute Gasteiger partial charge is 0.456 e. The van der Waals surface area contributed by atoms with Gasteiger partial charge in [0.2, 0.25) is 0 Å². The number of nitriles is 1. The molecule has 0 aliphatic rings. The summed E-state index contributed by atoms with van der Waals surface area (Å²) < 4.78 is 15.4. The molecule has 4 heterocycles. The van der Waals surface area contributed by atoms with E-state index in [2.05, 4.69) is 47.0 Å². The molecule has 246 valence electrons. The van der Waals surface area contributed by atoms with E-state index < -0.39 is 0 Å². The summed E-state index contributed by atoms with van der Waals surface area (Å²) in [5.74, 6) is 1.37. The SMILES string of the molecule is N#Cc1cc(-n2c3ccccc3c3c4c(ccc32)oc2ccccc24)c2c(oc3ccccc32)c1-c1nc(-c2ccccc2)nc(-c2ccccc2)n1. The van der Waals surface area contributed by atoms with Crippen molar-refractivity contribution in [1.82, 2.24) is 19.5 Å². The predicted octanol–water partition coefficient (Wildman–Crippen LogP) is 11.6. The van der Waals surface area contributed by atoms with Crippen LogP contribution in [0, 0.1) is 11.3 Å². The molecule has 7 nitrogen and oxygen atoms in total. The van der Waals surface area contributed by atoms with Gasteiger partial charge in [-0.05, 0) is 36.4 Å². The van der Waals surface area contributed by atoms with Crippen LogP contribution in [0.4, 0.5) is 0 Å². The molecule has 7 heteroatoms. The van der Waals surface area contributed by atoms with Crippen LogP contribution >= 0.6 is 0 Å². The molecular formula is C46H25N5O2. The Morgan fingerprint density at radius 1 is 0.472 bits per heavy atom. The van der Waals surface area contributed by atoms with Gasteiger partial charge in [-0.3, -0.25) is 0 Å². The van der Waals surface area contributed by atoms with Gasteiger partial charge in [0.1, 0.15) is 28.4 Å². The van der Waals surface area contributed by atoms with E-state index in [0.29, 0.717) is 39.8 Å². The highest BCUT2D eigenvalue weighted by Gasteiger charge is 2.27. The van der Waals surface area contributed by atoms with E-state index in [4.69, 9.17) is 23.8 Å². The highest BCUT2D eigenvalue weighted by Crippen LogP contribution is 2.46. The maximum atomic E-state index is 11.0. The number of para-hydroxylation sites is 3. The van der Waals surface area contributed by atoms with Gasteiger partial charge in [0, 0.05) is 38.1 Å². The number of hydrogen-bond donors (Lipinski definition) is 0. The van der Waals surface area contributed by atoms with Crippen molar-refractivity contribution in [3.63, 3.8) is 0 Å². The van der Waals surface area contributed by atoms with Gasteiger partial charge in [0.25, 0.3) is 0 Å². The van der Waals surface area contributed by atoms with Gasteiger partial charge in [-0.1, -0.05) is 115 Å². The van der Waals surface area contributed by atoms with E-state index in [1.807, 2.05) is 115 Å². The zero-order valence-electron chi connectivity index (χ0n) is 28.0. The monoisotopic (exact) mass is 679 g/mol. The molecule has 0 aliphatic carbocycles. The second-order valence-corrected chi connectivity index (χ2v) is 13.1. The van der Waals surface area contributed by atoms with Crippen molar-refractivity contribution in [1.29, 1.82) is 5.26 Å². The van der Waals surface area contributed by atoms with Crippen molar-refractivity contribution in [3.8, 4) is 45.9 Å². The van der Waals surface area contributed by atoms with Crippen LogP contribution in [0.5, 0.6) is 0 Å². The third-order valence-electron chi connectivity index (χ3n) is 10.1. The van der Waals surface area contributed by atoms with Gasteiger partial charge in [-0.15, -0.1) is 0 Å². The van der Waals surface area contributed by atoms with Gasteiger partial charge >= 0.3 is 0 Å². The van der Waals surface area contributed by atoms with E-state index >= 15 is 0 Å². The van der Waals surface area contributed by atoms with E-state index in [-0.39, 0.29) is 0 Å². The first-order chi connectivity index (χ1) is 26.2. The first-order valence-corrected chi connectivity index (χ1v) is 17.3. The smallest absolute Gasteiger partial charge is 0.169 e. The summed E-state index contributed by atoms with van der Waals surface area (Å²) in [4.78, 5) is 15.0. The van der Waals surface area contributed by atoms with Crippen molar-refractivity contribution >= 4 is 65.7 Å². The lowest BCUT2D eigenvalue weighted by molar-refractivity contribution is 0.668. The Labute approximate surface area is 301 Å². The summed E-state index contributed by atoms with van der Waals surface area (Å²) in [5, 5.41) is 17.1. The zero-order chi connectivity index (χ0) is 35.0. The molecule has 0 saturated heterocycles. The lowest BCUT2D eigenvalue weighted by Crippen LogP contribution is -2.03. The molecule has 0 fully saturated rings. The summed E-state index contributed by atoms with van der Waals surface area (Å²) in [6.45, 7) is 0. The average molecular weight is 680 g/mol. The standard InChI is InChI=1S/C46H25N5O2/c47-26-29-25-35(51-33-20-10-7-17-30(33)40-34(51)23-24-38-42(40)32-19-9-11-21-36(32)52-38)41-31-18-8-12-22-37(31)53-43(41)39(29)46-49-44(27-13-3-1-4-14-27)48-45(50-46)28-15-5-2-6-16-28/h1-25H. The molecule has 0 amide bonds. The lowest BCUT2D eigenvalue weighted by Gasteiger charge is -2.14. The summed E-state index contributed by atoms with van der Waals surface area (Å²) >= 11 is 0. The maximum Gasteiger partial charge on any atom is 0.169 e. The maximum absolute atomic E-state index is 11.0. The van der Waals surface area contributed by atoms with Crippen LogP contribution in [-0.2, 0) is 0 Å². The Balaban J connectivity index is 1.28. The lowest BCUT2D eigenvalue weighted by atomic mass is 10.00. The second-order valence-electron chi connectivity index (χ2n) is 13.1. The van der Waals surface area contributed by atoms with Gasteiger partial charge < -0.3 is 13.4 Å². The fourth-order valence-electron chi connectivity index (χ4n) is 7.82. The number of rotatable bonds is 4. The highest BCUT2D eigenvalue weighted by atomic mass is 16.3. The van der Waals surface area contributed by atoms with Crippen LogP contribution in [0.3, 0.4) is 0 Å². The minimum absolute atomic E-state index is 0.360. The summed E-state index contributed by atoms with van der Waals surface area (Å²) in [6, 6.07) is 52.8. The molecule has 0 spiro atoms. The van der Waals surface area contributed by atoms with Crippen LogP contribution < -0.4 is 0 Å². The third kappa shape index (κ3) is 4.30. The quantitative estimate of drug-likeness (QED) is 0.184. The molecular weight excluding hydrogens is 655 g/mol. The summed E-state index contributed by atoms with van der Waals surface area (Å²) in [5.41, 5.74) is 8.30. The first-order valence-electron chi connectivity index (χ1n) is 17.3. The van der Waals surface area contributed by atoms with Gasteiger partial charge in [-0.25, -0.2) is 15.0 Å². The predicted molar refractivity (Wildman–Crippen MR) is 210 cm³/mol. The normalized spacial score (nSPS) is 11.8. The van der Waals surface area contributed by atoms with E-state index in [1.165, 1.54) is 0 Å². The fourth-order valence-corrected chi connectivity index (χ4v) is 7.82. The molecule has 11 rings (SSSR count). The summed E-state index contributed by atoms with van der Waals surface area (Å²) in [7, 11) is 0. The van der Waals surface area contributed by atoms with Crippen molar-refractivity contribution in [2.75, 3.05) is 0 Å². The molecule has 0 unspecified atom stereocenters. The van der Waals surface area contributed by atoms with E-state index in [0.717, 1.165) is 71.3 Å². The minimum Gasteiger partial charge on any atom is -0.456 e. The van der Waals surface area contributed by atoms with Gasteiger partial charge in [-0.2, -0.15) is 5.26 Å². The summed E-state index contributed by atoms with van der Waals surface area (Å²) in [6.07, 6.45) is 0. The van der Waals surface area contributed by atoms with Crippen LogP contribution in [0.2, 0.25) is 0 Å². The Bertz CT molecular complexity index is 3240. The molecule has 0 bridgehead atoms. The molecule has 0 radical (unpaired) electrons. The van der Waals surface area contributed by atoms with Crippen LogP contribution in [0.15, 0.2) is 160 Å². The zero-order valence-corrected chi connectivity index (χ0v) is 28.0. The highest BCUT2D eigenvalue weighted by molar-refractivity contribution is 6.28. The number of nitrogens with zero attached hydrogens (tertiary/aromatic N) is 5. The molecule has 0 N–H and O–H groups in total. The van der Waals surface area contributed by atoms with Gasteiger partial charge in [0.15, 0.2) is 17.5 Å². The number of benzene rings is 7. The van der Waals surface area contributed by atoms with Crippen molar-refractivity contribution < 1.29 is 8.83 Å². The Hall–Kier alpha value is -7.56. The van der Waals surface area contributed by atoms with Crippen LogP contribution in [0.25, 0.3) is 106 Å². The topological polar surface area (TPSA) is 93.7 Å². The van der Waals surface area contributed by atoms with Crippen molar-refractivity contribution in [2.24, 2.45) is 0 Å². The first kappa shape index (κ1) is 29.2. The molecule has 0 aliphatic heterocycles. The minimum atomic E-state index is 0.360. The Morgan fingerprint density at radius 3 is 1.72 bits per heavy atom. The number of fused-ring (bicyclic) bond motifs is 10. The van der Waals surface area contributed by atoms with Crippen LogP contribution in [-0.4, -0.2) is 19.5 Å². The molecule has 0 atom stereocenters. The molecule has 0 saturated carbocycles. The third-order valence-corrected chi connectivity index (χ3v) is 10.1. The molecule has 53 heavy (non-hydrogen) atoms. The molecule has 7 aromatic carbocycles. The Morgan fingerprint density at radius 2 is 1.04 bits per heavy atom. The average Bonchev–Trinajstić information content (AvgIpc) is 3.90. The van der Waals surface area contributed by atoms with Gasteiger partial charge in [0.05, 0.1) is 33.2 Å². The second kappa shape index (κ2) is 11.2.